The number of quaternary nitrogens is 1. The van der Waals surface area contributed by atoms with Crippen molar-refractivity contribution in [3.63, 3.8) is 0 Å². The van der Waals surface area contributed by atoms with Gasteiger partial charge in [0.25, 0.3) is 0 Å². The fourth-order valence-electron chi connectivity index (χ4n) is 5.62. The number of hydroxylamine groups is 3. The summed E-state index contributed by atoms with van der Waals surface area (Å²) in [6.45, 7) is 10.4. The van der Waals surface area contributed by atoms with Crippen molar-refractivity contribution < 1.29 is 14.1 Å². The van der Waals surface area contributed by atoms with Crippen LogP contribution in [0.25, 0.3) is 0 Å². The first kappa shape index (κ1) is 29.0. The average Bonchev–Trinajstić information content (AvgIpc) is 2.84. The molecule has 0 saturated carbocycles. The third-order valence-corrected chi connectivity index (χ3v) is 7.53. The number of likely N-dealkylation sites (N-methyl/N-ethyl adjacent to an activating group) is 2. The first-order valence-corrected chi connectivity index (χ1v) is 13.3. The summed E-state index contributed by atoms with van der Waals surface area (Å²) in [6.07, 6.45) is 5.09. The lowest BCUT2D eigenvalue weighted by molar-refractivity contribution is -0.839. The van der Waals surface area contributed by atoms with E-state index in [-0.39, 0.29) is 22.4 Å². The van der Waals surface area contributed by atoms with Crippen LogP contribution in [0.15, 0.2) is 60.2 Å². The van der Waals surface area contributed by atoms with Crippen LogP contribution < -0.4 is 9.47 Å². The molecule has 0 spiro atoms. The van der Waals surface area contributed by atoms with E-state index in [1.54, 1.807) is 28.3 Å². The van der Waals surface area contributed by atoms with E-state index in [2.05, 4.69) is 81.9 Å². The monoisotopic (exact) mass is 506 g/mol. The summed E-state index contributed by atoms with van der Waals surface area (Å²) in [7, 11) is 11.1. The number of benzene rings is 2. The molecule has 3 atom stereocenters. The van der Waals surface area contributed by atoms with Gasteiger partial charge in [0.05, 0.1) is 34.9 Å². The summed E-state index contributed by atoms with van der Waals surface area (Å²) < 4.78 is 11.5. The third kappa shape index (κ3) is 7.47. The standard InChI is InChI=1S/C32H46N2O3/c1-22(2)32-28(26-20-24(14-16-33(4)5)10-12-30(26)36-8)18-23(3)19-29(32)27-21-25(11-13-31(27)37-9)15-17-34(6,7)35/h10-13,19-21,28-29,32H,1,14-18H2,2-9H3/t28?,29-,32-/m0/s1. The van der Waals surface area contributed by atoms with Gasteiger partial charge in [-0.05, 0) is 81.4 Å². The second-order valence-corrected chi connectivity index (χ2v) is 11.5. The molecule has 37 heavy (non-hydrogen) atoms. The minimum Gasteiger partial charge on any atom is -0.633 e. The van der Waals surface area contributed by atoms with E-state index < -0.39 is 0 Å². The maximum Gasteiger partial charge on any atom is 0.122 e. The molecule has 0 N–H and O–H groups in total. The molecule has 5 heteroatoms. The zero-order chi connectivity index (χ0) is 27.3. The van der Waals surface area contributed by atoms with Gasteiger partial charge in [-0.25, -0.2) is 0 Å². The molecule has 202 valence electrons. The number of hydrogen-bond acceptors (Lipinski definition) is 4. The van der Waals surface area contributed by atoms with E-state index in [1.165, 1.54) is 16.7 Å². The predicted molar refractivity (Wildman–Crippen MR) is 154 cm³/mol. The maximum absolute atomic E-state index is 12.2. The molecule has 2 aromatic carbocycles. The molecular weight excluding hydrogens is 460 g/mol. The highest BCUT2D eigenvalue weighted by Gasteiger charge is 2.37. The Morgan fingerprint density at radius 1 is 1.00 bits per heavy atom. The number of ether oxygens (including phenoxy) is 2. The van der Waals surface area contributed by atoms with Crippen LogP contribution in [0.3, 0.4) is 0 Å². The molecule has 0 saturated heterocycles. The Kier molecular flexibility index (Phi) is 9.63. The quantitative estimate of drug-likeness (QED) is 0.203. The van der Waals surface area contributed by atoms with Crippen molar-refractivity contribution >= 4 is 0 Å². The Morgan fingerprint density at radius 3 is 2.11 bits per heavy atom. The van der Waals surface area contributed by atoms with Crippen molar-refractivity contribution in [2.24, 2.45) is 5.92 Å². The molecular formula is C32H46N2O3. The van der Waals surface area contributed by atoms with Crippen LogP contribution in [0.1, 0.15) is 54.4 Å². The van der Waals surface area contributed by atoms with Crippen molar-refractivity contribution in [2.75, 3.05) is 55.5 Å². The van der Waals surface area contributed by atoms with Crippen LogP contribution in [0.5, 0.6) is 11.5 Å². The van der Waals surface area contributed by atoms with Gasteiger partial charge in [0.15, 0.2) is 0 Å². The van der Waals surface area contributed by atoms with Gasteiger partial charge in [-0.1, -0.05) is 48.1 Å². The second-order valence-electron chi connectivity index (χ2n) is 11.5. The van der Waals surface area contributed by atoms with Crippen molar-refractivity contribution in [2.45, 2.75) is 44.9 Å². The molecule has 0 radical (unpaired) electrons. The van der Waals surface area contributed by atoms with E-state index in [0.717, 1.165) is 54.0 Å². The van der Waals surface area contributed by atoms with E-state index in [1.807, 2.05) is 0 Å². The highest BCUT2D eigenvalue weighted by Crippen LogP contribution is 2.51. The van der Waals surface area contributed by atoms with Gasteiger partial charge >= 0.3 is 0 Å². The third-order valence-electron chi connectivity index (χ3n) is 7.53. The predicted octanol–water partition coefficient (Wildman–Crippen LogP) is 6.33. The van der Waals surface area contributed by atoms with Crippen LogP contribution in [0.2, 0.25) is 0 Å². The van der Waals surface area contributed by atoms with Crippen molar-refractivity contribution in [1.82, 2.24) is 4.90 Å². The van der Waals surface area contributed by atoms with Crippen LogP contribution in [-0.4, -0.2) is 65.0 Å². The fourth-order valence-corrected chi connectivity index (χ4v) is 5.62. The zero-order valence-corrected chi connectivity index (χ0v) is 24.1. The molecule has 3 rings (SSSR count). The molecule has 5 nitrogen and oxygen atoms in total. The van der Waals surface area contributed by atoms with Crippen LogP contribution in [0.4, 0.5) is 0 Å². The fraction of sp³-hybridized carbons (Fsp3) is 0.500. The number of allylic oxidation sites excluding steroid dienone is 3. The van der Waals surface area contributed by atoms with Gasteiger partial charge in [0.2, 0.25) is 0 Å². The van der Waals surface area contributed by atoms with E-state index in [4.69, 9.17) is 9.47 Å². The Balaban J connectivity index is 2.08. The van der Waals surface area contributed by atoms with Crippen molar-refractivity contribution in [3.05, 3.63) is 87.7 Å². The maximum atomic E-state index is 12.2. The number of nitrogens with zero attached hydrogens (tertiary/aromatic N) is 2. The van der Waals surface area contributed by atoms with Crippen LogP contribution >= 0.6 is 0 Å². The van der Waals surface area contributed by atoms with Gasteiger partial charge in [0.1, 0.15) is 11.5 Å². The molecule has 0 bridgehead atoms. The summed E-state index contributed by atoms with van der Waals surface area (Å²) in [6, 6.07) is 13.0. The second kappa shape index (κ2) is 12.3. The molecule has 0 aromatic heterocycles. The average molecular weight is 507 g/mol. The SMILES string of the molecule is C=C(C)[C@H]1C(c2cc(CCN(C)C)ccc2OC)CC(C)=C[C@H]1c1cc(CC[N+](C)(C)[O-])ccc1OC. The zero-order valence-electron chi connectivity index (χ0n) is 24.1. The highest BCUT2D eigenvalue weighted by atomic mass is 16.5. The first-order chi connectivity index (χ1) is 17.4. The molecule has 0 aliphatic heterocycles. The van der Waals surface area contributed by atoms with Crippen molar-refractivity contribution in [1.29, 1.82) is 0 Å². The Labute approximate surface area is 224 Å². The van der Waals surface area contributed by atoms with Gasteiger partial charge in [-0.3, -0.25) is 0 Å². The number of methoxy groups -OCH3 is 2. The van der Waals surface area contributed by atoms with Crippen LogP contribution in [-0.2, 0) is 12.8 Å². The van der Waals surface area contributed by atoms with Crippen LogP contribution in [0, 0.1) is 11.1 Å². The molecule has 0 fully saturated rings. The lowest BCUT2D eigenvalue weighted by Gasteiger charge is -2.39. The summed E-state index contributed by atoms with van der Waals surface area (Å²) in [5.74, 6) is 2.38. The molecule has 2 aromatic rings. The normalized spacial score (nSPS) is 20.1. The van der Waals surface area contributed by atoms with Gasteiger partial charge in [-0.2, -0.15) is 0 Å². The Bertz CT molecular complexity index is 1110. The molecule has 1 unspecified atom stereocenters. The molecule has 1 aliphatic rings. The van der Waals surface area contributed by atoms with Gasteiger partial charge in [-0.15, -0.1) is 0 Å². The highest BCUT2D eigenvalue weighted by molar-refractivity contribution is 5.48. The van der Waals surface area contributed by atoms with Crippen molar-refractivity contribution in [3.8, 4) is 11.5 Å². The van der Waals surface area contributed by atoms with Gasteiger partial charge in [0, 0.05) is 24.4 Å². The van der Waals surface area contributed by atoms with E-state index in [0.29, 0.717) is 6.54 Å². The molecule has 0 amide bonds. The topological polar surface area (TPSA) is 44.8 Å². The van der Waals surface area contributed by atoms with Gasteiger partial charge < -0.3 is 24.2 Å². The Morgan fingerprint density at radius 2 is 1.57 bits per heavy atom. The minimum atomic E-state index is -0.301. The molecule has 0 heterocycles. The molecule has 1 aliphatic carbocycles. The van der Waals surface area contributed by atoms with E-state index >= 15 is 0 Å². The smallest absolute Gasteiger partial charge is 0.122 e. The first-order valence-electron chi connectivity index (χ1n) is 13.3. The summed E-state index contributed by atoms with van der Waals surface area (Å²) >= 11 is 0. The largest absolute Gasteiger partial charge is 0.633 e. The minimum absolute atomic E-state index is 0.121. The number of hydrogen-bond donors (Lipinski definition) is 0. The Hall–Kier alpha value is -2.60. The lowest BCUT2D eigenvalue weighted by atomic mass is 9.65. The summed E-state index contributed by atoms with van der Waals surface area (Å²) in [5.41, 5.74) is 7.42. The summed E-state index contributed by atoms with van der Waals surface area (Å²) in [5, 5.41) is 12.2. The summed E-state index contributed by atoms with van der Waals surface area (Å²) in [4.78, 5) is 2.22. The van der Waals surface area contributed by atoms with E-state index in [9.17, 15) is 5.21 Å². The number of rotatable bonds is 11. The lowest BCUT2D eigenvalue weighted by Crippen LogP contribution is -2.34.